The first kappa shape index (κ1) is 27.7. The van der Waals surface area contributed by atoms with Crippen molar-refractivity contribution < 1.29 is 18.0 Å². The van der Waals surface area contributed by atoms with Crippen LogP contribution < -0.4 is 9.62 Å². The molecule has 0 spiro atoms. The Morgan fingerprint density at radius 3 is 2.19 bits per heavy atom. The average molecular weight is 514 g/mol. The van der Waals surface area contributed by atoms with Crippen molar-refractivity contribution in [2.75, 3.05) is 17.1 Å². The summed E-state index contributed by atoms with van der Waals surface area (Å²) in [7, 11) is -3.76. The maximum absolute atomic E-state index is 13.7. The van der Waals surface area contributed by atoms with Gasteiger partial charge in [0.2, 0.25) is 21.8 Å². The van der Waals surface area contributed by atoms with Crippen LogP contribution in [0.15, 0.2) is 48.5 Å². The Morgan fingerprint density at radius 2 is 1.61 bits per heavy atom. The summed E-state index contributed by atoms with van der Waals surface area (Å²) in [5.74, 6) is -0.565. The standard InChI is InChI=1S/C28H39N3O4S/c1-20(2)25-12-8-9-13-26(25)31(36(5,34)35)19-27(32)30(18-23-16-14-21(3)15-17-23)22(4)28(33)29-24-10-6-7-11-24/h8-9,12-17,20,22,24H,6-7,10-11,18-19H2,1-5H3,(H,29,33)/t22-/m1/s1. The summed E-state index contributed by atoms with van der Waals surface area (Å²) < 4.78 is 26.9. The minimum atomic E-state index is -3.76. The number of anilines is 1. The average Bonchev–Trinajstić information content (AvgIpc) is 3.33. The van der Waals surface area contributed by atoms with E-state index in [1.54, 1.807) is 19.1 Å². The molecule has 2 aromatic rings. The third kappa shape index (κ3) is 7.09. The lowest BCUT2D eigenvalue weighted by Gasteiger charge is -2.32. The van der Waals surface area contributed by atoms with Crippen molar-refractivity contribution in [3.05, 3.63) is 65.2 Å². The molecule has 0 aliphatic heterocycles. The first-order chi connectivity index (χ1) is 17.0. The Balaban J connectivity index is 1.92. The van der Waals surface area contributed by atoms with E-state index in [0.717, 1.165) is 52.9 Å². The normalized spacial score (nSPS) is 15.1. The quantitative estimate of drug-likeness (QED) is 0.511. The zero-order valence-corrected chi connectivity index (χ0v) is 22.8. The molecule has 2 amide bonds. The molecule has 1 atom stereocenters. The van der Waals surface area contributed by atoms with Gasteiger partial charge in [0.05, 0.1) is 11.9 Å². The molecule has 0 saturated heterocycles. The van der Waals surface area contributed by atoms with E-state index in [2.05, 4.69) is 5.32 Å². The van der Waals surface area contributed by atoms with E-state index in [1.807, 2.05) is 57.2 Å². The van der Waals surface area contributed by atoms with Crippen molar-refractivity contribution in [1.29, 1.82) is 0 Å². The molecule has 2 aromatic carbocycles. The molecule has 196 valence electrons. The van der Waals surface area contributed by atoms with Crippen molar-refractivity contribution in [3.63, 3.8) is 0 Å². The Bertz CT molecular complexity index is 1160. The molecule has 0 radical (unpaired) electrons. The third-order valence-corrected chi connectivity index (χ3v) is 7.98. The summed E-state index contributed by atoms with van der Waals surface area (Å²) in [5, 5.41) is 3.08. The number of carbonyl (C=O) groups excluding carboxylic acids is 2. The van der Waals surface area contributed by atoms with Gasteiger partial charge >= 0.3 is 0 Å². The van der Waals surface area contributed by atoms with Gasteiger partial charge in [-0.3, -0.25) is 13.9 Å². The first-order valence-electron chi connectivity index (χ1n) is 12.7. The smallest absolute Gasteiger partial charge is 0.244 e. The number of carbonyl (C=O) groups is 2. The second kappa shape index (κ2) is 11.9. The van der Waals surface area contributed by atoms with Crippen molar-refractivity contribution in [2.24, 2.45) is 0 Å². The lowest BCUT2D eigenvalue weighted by molar-refractivity contribution is -0.139. The number of sulfonamides is 1. The molecule has 0 aromatic heterocycles. The van der Waals surface area contributed by atoms with Gasteiger partial charge in [-0.15, -0.1) is 0 Å². The summed E-state index contributed by atoms with van der Waals surface area (Å²) >= 11 is 0. The lowest BCUT2D eigenvalue weighted by atomic mass is 10.0. The predicted molar refractivity (Wildman–Crippen MR) is 144 cm³/mol. The SMILES string of the molecule is Cc1ccc(CN(C(=O)CN(c2ccccc2C(C)C)S(C)(=O)=O)[C@H](C)C(=O)NC2CCCC2)cc1. The highest BCUT2D eigenvalue weighted by atomic mass is 32.2. The zero-order valence-electron chi connectivity index (χ0n) is 22.0. The second-order valence-electron chi connectivity index (χ2n) is 10.2. The van der Waals surface area contributed by atoms with Gasteiger partial charge in [0.1, 0.15) is 12.6 Å². The molecular formula is C28H39N3O4S. The number of rotatable bonds is 10. The van der Waals surface area contributed by atoms with E-state index < -0.39 is 22.0 Å². The second-order valence-corrected chi connectivity index (χ2v) is 12.1. The number of hydrogen-bond acceptors (Lipinski definition) is 4. The van der Waals surface area contributed by atoms with Crippen molar-refractivity contribution >= 4 is 27.5 Å². The van der Waals surface area contributed by atoms with Crippen LogP contribution >= 0.6 is 0 Å². The van der Waals surface area contributed by atoms with Crippen LogP contribution in [0.3, 0.4) is 0 Å². The topological polar surface area (TPSA) is 86.8 Å². The van der Waals surface area contributed by atoms with Gasteiger partial charge in [-0.05, 0) is 49.8 Å². The van der Waals surface area contributed by atoms with Gasteiger partial charge < -0.3 is 10.2 Å². The maximum atomic E-state index is 13.7. The van der Waals surface area contributed by atoms with Crippen LogP contribution in [-0.4, -0.2) is 50.0 Å². The molecule has 1 aliphatic rings. The number of aryl methyl sites for hydroxylation is 1. The Kier molecular flexibility index (Phi) is 9.17. The van der Waals surface area contributed by atoms with Gasteiger partial charge in [0.15, 0.2) is 0 Å². The molecule has 1 aliphatic carbocycles. The number of amides is 2. The molecule has 0 unspecified atom stereocenters. The molecule has 0 heterocycles. The number of benzene rings is 2. The molecule has 0 bridgehead atoms. The van der Waals surface area contributed by atoms with Gasteiger partial charge in [0, 0.05) is 12.6 Å². The number of nitrogens with one attached hydrogen (secondary N) is 1. The Labute approximate surface area is 215 Å². The third-order valence-electron chi connectivity index (χ3n) is 6.85. The van der Waals surface area contributed by atoms with Gasteiger partial charge in [-0.1, -0.05) is 74.7 Å². The maximum Gasteiger partial charge on any atom is 0.244 e. The summed E-state index contributed by atoms with van der Waals surface area (Å²) in [6, 6.07) is 14.4. The number of para-hydroxylation sites is 1. The summed E-state index contributed by atoms with van der Waals surface area (Å²) in [4.78, 5) is 28.4. The van der Waals surface area contributed by atoms with Crippen LogP contribution in [0.2, 0.25) is 0 Å². The number of hydrogen-bond donors (Lipinski definition) is 1. The van der Waals surface area contributed by atoms with Gasteiger partial charge in [-0.2, -0.15) is 0 Å². The lowest BCUT2D eigenvalue weighted by Crippen LogP contribution is -2.52. The molecule has 3 rings (SSSR count). The fourth-order valence-corrected chi connectivity index (χ4v) is 5.53. The fourth-order valence-electron chi connectivity index (χ4n) is 4.66. The molecular weight excluding hydrogens is 474 g/mol. The van der Waals surface area contributed by atoms with Crippen LogP contribution in [-0.2, 0) is 26.2 Å². The molecule has 1 N–H and O–H groups in total. The Hall–Kier alpha value is -2.87. The van der Waals surface area contributed by atoms with E-state index in [1.165, 1.54) is 4.90 Å². The zero-order chi connectivity index (χ0) is 26.5. The monoisotopic (exact) mass is 513 g/mol. The van der Waals surface area contributed by atoms with E-state index >= 15 is 0 Å². The van der Waals surface area contributed by atoms with Gasteiger partial charge in [0.25, 0.3) is 0 Å². The van der Waals surface area contributed by atoms with Crippen LogP contribution in [0.4, 0.5) is 5.69 Å². The fraction of sp³-hybridized carbons (Fsp3) is 0.500. The first-order valence-corrected chi connectivity index (χ1v) is 14.5. The highest BCUT2D eigenvalue weighted by molar-refractivity contribution is 7.92. The van der Waals surface area contributed by atoms with Crippen LogP contribution in [0.5, 0.6) is 0 Å². The molecule has 1 saturated carbocycles. The van der Waals surface area contributed by atoms with Crippen LogP contribution in [0.25, 0.3) is 0 Å². The van der Waals surface area contributed by atoms with Crippen molar-refractivity contribution in [2.45, 2.75) is 77.9 Å². The molecule has 7 nitrogen and oxygen atoms in total. The van der Waals surface area contributed by atoms with E-state index in [4.69, 9.17) is 0 Å². The highest BCUT2D eigenvalue weighted by Crippen LogP contribution is 2.29. The van der Waals surface area contributed by atoms with E-state index in [0.29, 0.717) is 5.69 Å². The Morgan fingerprint density at radius 1 is 1.00 bits per heavy atom. The van der Waals surface area contributed by atoms with Crippen LogP contribution in [0, 0.1) is 6.92 Å². The molecule has 36 heavy (non-hydrogen) atoms. The van der Waals surface area contributed by atoms with E-state index in [-0.39, 0.29) is 31.0 Å². The summed E-state index contributed by atoms with van der Waals surface area (Å²) in [6.45, 7) is 7.50. The van der Waals surface area contributed by atoms with Crippen molar-refractivity contribution in [1.82, 2.24) is 10.2 Å². The van der Waals surface area contributed by atoms with Gasteiger partial charge in [-0.25, -0.2) is 8.42 Å². The minimum absolute atomic E-state index is 0.0697. The highest BCUT2D eigenvalue weighted by Gasteiger charge is 2.32. The van der Waals surface area contributed by atoms with Crippen molar-refractivity contribution in [3.8, 4) is 0 Å². The predicted octanol–water partition coefficient (Wildman–Crippen LogP) is 4.36. The molecule has 1 fully saturated rings. The van der Waals surface area contributed by atoms with Crippen LogP contribution in [0.1, 0.15) is 69.1 Å². The summed E-state index contributed by atoms with van der Waals surface area (Å²) in [6.07, 6.45) is 5.17. The molecule has 8 heteroatoms. The number of nitrogens with zero attached hydrogens (tertiary/aromatic N) is 2. The van der Waals surface area contributed by atoms with E-state index in [9.17, 15) is 18.0 Å². The summed E-state index contributed by atoms with van der Waals surface area (Å²) in [5.41, 5.74) is 3.30. The minimum Gasteiger partial charge on any atom is -0.352 e. The largest absolute Gasteiger partial charge is 0.352 e.